The summed E-state index contributed by atoms with van der Waals surface area (Å²) in [7, 11) is 0. The van der Waals surface area contributed by atoms with E-state index in [4.69, 9.17) is 17.0 Å². The summed E-state index contributed by atoms with van der Waals surface area (Å²) >= 11 is 5.50. The van der Waals surface area contributed by atoms with Gasteiger partial charge in [-0.2, -0.15) is 0 Å². The number of phenols is 2. The summed E-state index contributed by atoms with van der Waals surface area (Å²) in [5.41, 5.74) is 1.99. The van der Waals surface area contributed by atoms with Crippen LogP contribution in [-0.2, 0) is 4.74 Å². The third-order valence-corrected chi connectivity index (χ3v) is 5.72. The summed E-state index contributed by atoms with van der Waals surface area (Å²) in [5, 5.41) is 31.1. The Labute approximate surface area is 185 Å². The van der Waals surface area contributed by atoms with Gasteiger partial charge >= 0.3 is 0 Å². The number of anilines is 1. The average Bonchev–Trinajstić information content (AvgIpc) is 3.09. The molecule has 0 bridgehead atoms. The number of para-hydroxylation sites is 1. The molecule has 3 N–H and O–H groups in total. The van der Waals surface area contributed by atoms with Crippen LogP contribution < -0.4 is 4.90 Å². The number of nitrogens with zero attached hydrogens (tertiary/aromatic N) is 1. The van der Waals surface area contributed by atoms with Gasteiger partial charge in [-0.05, 0) is 67.0 Å². The van der Waals surface area contributed by atoms with E-state index in [2.05, 4.69) is 0 Å². The number of thiocarbonyl (C=S) groups is 1. The molecule has 0 aliphatic carbocycles. The second-order valence-electron chi connectivity index (χ2n) is 7.46. The molecule has 1 saturated heterocycles. The number of aliphatic hydroxyl groups excluding tert-OH is 1. The molecule has 1 heterocycles. The van der Waals surface area contributed by atoms with Crippen molar-refractivity contribution in [2.24, 2.45) is 0 Å². The Balaban J connectivity index is 1.62. The molecule has 1 aliphatic rings. The first-order valence-electron chi connectivity index (χ1n) is 9.94. The van der Waals surface area contributed by atoms with Gasteiger partial charge in [-0.3, -0.25) is 4.90 Å². The maximum atomic E-state index is 13.2. The highest BCUT2D eigenvalue weighted by atomic mass is 32.1. The van der Waals surface area contributed by atoms with Gasteiger partial charge in [0.15, 0.2) is 0 Å². The molecule has 3 atom stereocenters. The highest BCUT2D eigenvalue weighted by molar-refractivity contribution is 7.80. The number of aliphatic hydroxyl groups is 1. The zero-order valence-electron chi connectivity index (χ0n) is 16.6. The maximum Gasteiger partial charge on any atom is 0.264 e. The zero-order chi connectivity index (χ0) is 22.0. The molecular formula is C24H22FNO4S. The Kier molecular flexibility index (Phi) is 6.06. The Hall–Kier alpha value is -3.16. The van der Waals surface area contributed by atoms with Gasteiger partial charge in [0.2, 0.25) is 0 Å². The highest BCUT2D eigenvalue weighted by Gasteiger charge is 2.42. The molecule has 0 radical (unpaired) electrons. The molecule has 31 heavy (non-hydrogen) atoms. The van der Waals surface area contributed by atoms with Crippen molar-refractivity contribution in [1.29, 1.82) is 0 Å². The van der Waals surface area contributed by atoms with Gasteiger partial charge in [-0.1, -0.05) is 30.3 Å². The normalized spacial score (nSPS) is 19.3. The molecular weight excluding hydrogens is 417 g/mol. The monoisotopic (exact) mass is 439 g/mol. The van der Waals surface area contributed by atoms with Crippen LogP contribution in [0.5, 0.6) is 11.5 Å². The van der Waals surface area contributed by atoms with E-state index in [9.17, 15) is 19.7 Å². The van der Waals surface area contributed by atoms with Crippen LogP contribution in [0, 0.1) is 5.82 Å². The van der Waals surface area contributed by atoms with Gasteiger partial charge in [-0.25, -0.2) is 4.39 Å². The van der Waals surface area contributed by atoms with Crippen LogP contribution in [0.25, 0.3) is 0 Å². The Morgan fingerprint density at radius 2 is 1.71 bits per heavy atom. The van der Waals surface area contributed by atoms with Gasteiger partial charge < -0.3 is 20.1 Å². The van der Waals surface area contributed by atoms with Gasteiger partial charge in [0.05, 0.1) is 6.10 Å². The van der Waals surface area contributed by atoms with Crippen molar-refractivity contribution in [3.8, 4) is 11.5 Å². The fourth-order valence-corrected chi connectivity index (χ4v) is 4.24. The van der Waals surface area contributed by atoms with Crippen molar-refractivity contribution in [2.45, 2.75) is 31.1 Å². The molecule has 0 saturated carbocycles. The number of phenolic OH excluding ortho intramolecular Hbond substituents is 2. The van der Waals surface area contributed by atoms with E-state index >= 15 is 0 Å². The molecule has 1 aliphatic heterocycles. The first-order valence-corrected chi connectivity index (χ1v) is 10.3. The smallest absolute Gasteiger partial charge is 0.264 e. The fraction of sp³-hybridized carbons (Fsp3) is 0.208. The van der Waals surface area contributed by atoms with Crippen molar-refractivity contribution in [2.75, 3.05) is 4.90 Å². The summed E-state index contributed by atoms with van der Waals surface area (Å²) in [4.78, 5) is 1.83. The van der Waals surface area contributed by atoms with Crippen molar-refractivity contribution in [1.82, 2.24) is 0 Å². The van der Waals surface area contributed by atoms with Crippen molar-refractivity contribution in [3.05, 3.63) is 89.7 Å². The Morgan fingerprint density at radius 1 is 1.00 bits per heavy atom. The predicted octanol–water partition coefficient (Wildman–Crippen LogP) is 4.98. The van der Waals surface area contributed by atoms with E-state index in [-0.39, 0.29) is 22.5 Å². The van der Waals surface area contributed by atoms with E-state index < -0.39 is 18.2 Å². The highest BCUT2D eigenvalue weighted by Crippen LogP contribution is 2.43. The quantitative estimate of drug-likeness (QED) is 0.471. The summed E-state index contributed by atoms with van der Waals surface area (Å²) in [5.74, 6) is -0.470. The molecule has 0 aromatic heterocycles. The van der Waals surface area contributed by atoms with Crippen LogP contribution in [0.3, 0.4) is 0 Å². The summed E-state index contributed by atoms with van der Waals surface area (Å²) < 4.78 is 19.2. The Bertz CT molecular complexity index is 1060. The van der Waals surface area contributed by atoms with Gasteiger partial charge in [0.25, 0.3) is 5.17 Å². The lowest BCUT2D eigenvalue weighted by molar-refractivity contribution is 0.126. The minimum Gasteiger partial charge on any atom is -0.508 e. The molecule has 0 amide bonds. The number of aromatic hydroxyl groups is 2. The van der Waals surface area contributed by atoms with Gasteiger partial charge in [0.1, 0.15) is 29.5 Å². The van der Waals surface area contributed by atoms with Crippen molar-refractivity contribution >= 4 is 23.1 Å². The fourth-order valence-electron chi connectivity index (χ4n) is 3.90. The number of ether oxygens (including phenoxy) is 1. The number of benzene rings is 3. The van der Waals surface area contributed by atoms with Crippen molar-refractivity contribution in [3.63, 3.8) is 0 Å². The lowest BCUT2D eigenvalue weighted by atomic mass is 9.94. The van der Waals surface area contributed by atoms with Crippen molar-refractivity contribution < 1.29 is 24.4 Å². The SMILES string of the molecule is Oc1ccc(C2C(CCC(O)c3ccc(F)cc3)OC(=S)N2c2ccccc2)c(O)c1. The second-order valence-corrected chi connectivity index (χ2v) is 7.81. The molecule has 3 unspecified atom stereocenters. The van der Waals surface area contributed by atoms with E-state index in [1.54, 1.807) is 18.2 Å². The molecule has 0 spiro atoms. The van der Waals surface area contributed by atoms with E-state index in [0.717, 1.165) is 5.69 Å². The maximum absolute atomic E-state index is 13.2. The van der Waals surface area contributed by atoms with Crippen LogP contribution in [0.1, 0.15) is 36.1 Å². The first-order chi connectivity index (χ1) is 14.9. The molecule has 7 heteroatoms. The lowest BCUT2D eigenvalue weighted by Crippen LogP contribution is -2.29. The first kappa shape index (κ1) is 21.1. The van der Waals surface area contributed by atoms with E-state index in [0.29, 0.717) is 24.0 Å². The number of rotatable bonds is 6. The third kappa shape index (κ3) is 4.47. The van der Waals surface area contributed by atoms with E-state index in [1.807, 2.05) is 35.2 Å². The molecule has 5 nitrogen and oxygen atoms in total. The second kappa shape index (κ2) is 8.91. The minimum absolute atomic E-state index is 0.0442. The predicted molar refractivity (Wildman–Crippen MR) is 119 cm³/mol. The number of halogens is 1. The van der Waals surface area contributed by atoms with Crippen LogP contribution >= 0.6 is 12.2 Å². The number of hydrogen-bond acceptors (Lipinski definition) is 5. The number of hydrogen-bond donors (Lipinski definition) is 3. The minimum atomic E-state index is -0.794. The summed E-state index contributed by atoms with van der Waals surface area (Å²) in [6, 6.07) is 19.2. The van der Waals surface area contributed by atoms with Crippen LogP contribution in [0.4, 0.5) is 10.1 Å². The standard InChI is InChI=1S/C24H22FNO4S/c25-16-8-6-15(7-9-16)20(28)12-13-22-23(19-11-10-18(27)14-21(19)29)26(24(31)30-22)17-4-2-1-3-5-17/h1-11,14,20,22-23,27-29H,12-13H2. The molecule has 1 fully saturated rings. The van der Waals surface area contributed by atoms with Gasteiger partial charge in [-0.15, -0.1) is 0 Å². The van der Waals surface area contributed by atoms with Crippen LogP contribution in [-0.4, -0.2) is 26.6 Å². The van der Waals surface area contributed by atoms with Crippen LogP contribution in [0.2, 0.25) is 0 Å². The van der Waals surface area contributed by atoms with Gasteiger partial charge in [0, 0.05) is 17.3 Å². The molecule has 160 valence electrons. The lowest BCUT2D eigenvalue weighted by Gasteiger charge is -2.27. The van der Waals surface area contributed by atoms with E-state index in [1.165, 1.54) is 24.3 Å². The molecule has 3 aromatic carbocycles. The molecule has 3 aromatic rings. The third-order valence-electron chi connectivity index (χ3n) is 5.43. The topological polar surface area (TPSA) is 73.2 Å². The molecule has 4 rings (SSSR count). The Morgan fingerprint density at radius 3 is 2.39 bits per heavy atom. The largest absolute Gasteiger partial charge is 0.508 e. The van der Waals surface area contributed by atoms with Crippen LogP contribution in [0.15, 0.2) is 72.8 Å². The zero-order valence-corrected chi connectivity index (χ0v) is 17.4. The summed E-state index contributed by atoms with van der Waals surface area (Å²) in [6.45, 7) is 0. The average molecular weight is 440 g/mol. The summed E-state index contributed by atoms with van der Waals surface area (Å²) in [6.07, 6.45) is -0.444.